The molecule has 0 saturated heterocycles. The smallest absolute Gasteiger partial charge is 0.137 e. The first-order valence-corrected chi connectivity index (χ1v) is 6.10. The number of rotatable bonds is 3. The number of hydrogen-bond acceptors (Lipinski definition) is 2. The highest BCUT2D eigenvalue weighted by molar-refractivity contribution is 5.94. The van der Waals surface area contributed by atoms with Crippen LogP contribution in [0.3, 0.4) is 0 Å². The number of hydrogen-bond donors (Lipinski definition) is 1. The zero-order valence-corrected chi connectivity index (χ0v) is 10.8. The average Bonchev–Trinajstić information content (AvgIpc) is 2.28. The maximum Gasteiger partial charge on any atom is 0.137 e. The van der Waals surface area contributed by atoms with E-state index in [-0.39, 0.29) is 0 Å². The summed E-state index contributed by atoms with van der Waals surface area (Å²) in [6.07, 6.45) is 0.758. The first kappa shape index (κ1) is 12.7. The van der Waals surface area contributed by atoms with Crippen LogP contribution in [-0.4, -0.2) is 11.5 Å². The lowest BCUT2D eigenvalue weighted by atomic mass is 10.0. The summed E-state index contributed by atoms with van der Waals surface area (Å²) in [5, 5.41) is 3.54. The molecule has 0 unspecified atom stereocenters. The summed E-state index contributed by atoms with van der Waals surface area (Å²) in [6, 6.07) is 2.17. The van der Waals surface area contributed by atoms with Crippen molar-refractivity contribution in [2.45, 2.75) is 27.2 Å². The van der Waals surface area contributed by atoms with E-state index >= 15 is 0 Å². The van der Waals surface area contributed by atoms with Crippen LogP contribution < -0.4 is 5.32 Å². The number of benzene rings is 1. The number of fused-ring (bicyclic) bond motifs is 1. The molecule has 4 heteroatoms. The highest BCUT2D eigenvalue weighted by Crippen LogP contribution is 2.31. The highest BCUT2D eigenvalue weighted by atomic mass is 19.1. The maximum atomic E-state index is 14.0. The molecule has 0 aliphatic rings. The molecular weight excluding hydrogens is 234 g/mol. The summed E-state index contributed by atoms with van der Waals surface area (Å²) in [6.45, 7) is 6.49. The summed E-state index contributed by atoms with van der Waals surface area (Å²) in [5.41, 5.74) is 2.89. The van der Waals surface area contributed by atoms with E-state index in [0.29, 0.717) is 17.4 Å². The van der Waals surface area contributed by atoms with Gasteiger partial charge in [0.25, 0.3) is 0 Å². The largest absolute Gasteiger partial charge is 0.384 e. The molecule has 0 aliphatic carbocycles. The Morgan fingerprint density at radius 3 is 2.56 bits per heavy atom. The van der Waals surface area contributed by atoms with Gasteiger partial charge >= 0.3 is 0 Å². The third kappa shape index (κ3) is 2.03. The number of nitrogens with zero attached hydrogens (tertiary/aromatic N) is 1. The molecular formula is C14H16F2N2. The van der Waals surface area contributed by atoms with Crippen LogP contribution >= 0.6 is 0 Å². The van der Waals surface area contributed by atoms with E-state index in [1.165, 1.54) is 6.07 Å². The molecule has 1 heterocycles. The molecule has 2 aromatic rings. The average molecular weight is 250 g/mol. The van der Waals surface area contributed by atoms with Crippen molar-refractivity contribution in [3.8, 4) is 0 Å². The second-order valence-corrected chi connectivity index (χ2v) is 4.22. The first-order valence-electron chi connectivity index (χ1n) is 6.10. The summed E-state index contributed by atoms with van der Waals surface area (Å²) in [5.74, 6) is -1.17. The SMILES string of the molecule is CCNc1c(CC)c(C)nc2cc(F)cc(F)c12. The van der Waals surface area contributed by atoms with Crippen molar-refractivity contribution in [3.05, 3.63) is 35.0 Å². The van der Waals surface area contributed by atoms with E-state index in [1.54, 1.807) is 0 Å². The van der Waals surface area contributed by atoms with Crippen molar-refractivity contribution >= 4 is 16.6 Å². The van der Waals surface area contributed by atoms with Crippen LogP contribution in [-0.2, 0) is 6.42 Å². The third-order valence-electron chi connectivity index (χ3n) is 3.02. The van der Waals surface area contributed by atoms with E-state index in [1.807, 2.05) is 20.8 Å². The van der Waals surface area contributed by atoms with Crippen molar-refractivity contribution in [2.24, 2.45) is 0 Å². The Labute approximate surface area is 105 Å². The standard InChI is InChI=1S/C14H16F2N2/c1-4-10-8(3)18-12-7-9(15)6-11(16)13(12)14(10)17-5-2/h6-7H,4-5H2,1-3H3,(H,17,18). The van der Waals surface area contributed by atoms with Gasteiger partial charge in [-0.2, -0.15) is 0 Å². The number of nitrogens with one attached hydrogen (secondary N) is 1. The van der Waals surface area contributed by atoms with Gasteiger partial charge in [0.05, 0.1) is 16.6 Å². The fraction of sp³-hybridized carbons (Fsp3) is 0.357. The monoisotopic (exact) mass is 250 g/mol. The van der Waals surface area contributed by atoms with Gasteiger partial charge in [0.2, 0.25) is 0 Å². The first-order chi connectivity index (χ1) is 8.58. The van der Waals surface area contributed by atoms with E-state index in [0.717, 1.165) is 29.4 Å². The van der Waals surface area contributed by atoms with E-state index in [9.17, 15) is 8.78 Å². The Balaban J connectivity index is 2.87. The molecule has 1 aromatic carbocycles. The van der Waals surface area contributed by atoms with Crippen molar-refractivity contribution in [1.82, 2.24) is 4.98 Å². The third-order valence-corrected chi connectivity index (χ3v) is 3.02. The number of pyridine rings is 1. The van der Waals surface area contributed by atoms with E-state index in [4.69, 9.17) is 0 Å². The van der Waals surface area contributed by atoms with Gasteiger partial charge in [-0.15, -0.1) is 0 Å². The van der Waals surface area contributed by atoms with E-state index in [2.05, 4.69) is 10.3 Å². The molecule has 0 saturated carbocycles. The minimum absolute atomic E-state index is 0.359. The highest BCUT2D eigenvalue weighted by Gasteiger charge is 2.15. The normalized spacial score (nSPS) is 10.9. The van der Waals surface area contributed by atoms with Crippen LogP contribution in [0.5, 0.6) is 0 Å². The van der Waals surface area contributed by atoms with E-state index < -0.39 is 11.6 Å². The van der Waals surface area contributed by atoms with Gasteiger partial charge in [-0.3, -0.25) is 4.98 Å². The summed E-state index contributed by atoms with van der Waals surface area (Å²) in [7, 11) is 0. The maximum absolute atomic E-state index is 14.0. The number of halogens is 2. The Hall–Kier alpha value is -1.71. The van der Waals surface area contributed by atoms with Gasteiger partial charge in [0, 0.05) is 24.4 Å². The molecule has 1 aromatic heterocycles. The molecule has 0 spiro atoms. The van der Waals surface area contributed by atoms with Crippen LogP contribution in [0.4, 0.5) is 14.5 Å². The second-order valence-electron chi connectivity index (χ2n) is 4.22. The van der Waals surface area contributed by atoms with Crippen molar-refractivity contribution in [2.75, 3.05) is 11.9 Å². The summed E-state index contributed by atoms with van der Waals surface area (Å²) in [4.78, 5) is 4.29. The van der Waals surface area contributed by atoms with Crippen molar-refractivity contribution < 1.29 is 8.78 Å². The fourth-order valence-corrected chi connectivity index (χ4v) is 2.28. The topological polar surface area (TPSA) is 24.9 Å². The molecule has 0 fully saturated rings. The van der Waals surface area contributed by atoms with Gasteiger partial charge < -0.3 is 5.32 Å². The number of aromatic nitrogens is 1. The Morgan fingerprint density at radius 1 is 1.22 bits per heavy atom. The zero-order valence-electron chi connectivity index (χ0n) is 10.8. The predicted octanol–water partition coefficient (Wildman–Crippen LogP) is 3.82. The lowest BCUT2D eigenvalue weighted by molar-refractivity contribution is 0.591. The van der Waals surface area contributed by atoms with Crippen molar-refractivity contribution in [1.29, 1.82) is 0 Å². The van der Waals surface area contributed by atoms with Crippen LogP contribution in [0.25, 0.3) is 10.9 Å². The Kier molecular flexibility index (Phi) is 3.45. The lowest BCUT2D eigenvalue weighted by Gasteiger charge is -2.15. The molecule has 2 rings (SSSR count). The van der Waals surface area contributed by atoms with Gasteiger partial charge in [-0.1, -0.05) is 6.92 Å². The summed E-state index contributed by atoms with van der Waals surface area (Å²) < 4.78 is 27.2. The number of aryl methyl sites for hydroxylation is 1. The fourth-order valence-electron chi connectivity index (χ4n) is 2.28. The Bertz CT molecular complexity index is 594. The molecule has 96 valence electrons. The molecule has 0 atom stereocenters. The molecule has 0 radical (unpaired) electrons. The summed E-state index contributed by atoms with van der Waals surface area (Å²) >= 11 is 0. The molecule has 1 N–H and O–H groups in total. The van der Waals surface area contributed by atoms with Gasteiger partial charge in [0.15, 0.2) is 0 Å². The minimum atomic E-state index is -0.599. The van der Waals surface area contributed by atoms with Gasteiger partial charge in [0.1, 0.15) is 11.6 Å². The zero-order chi connectivity index (χ0) is 13.3. The van der Waals surface area contributed by atoms with Gasteiger partial charge in [-0.05, 0) is 25.8 Å². The molecule has 2 nitrogen and oxygen atoms in total. The van der Waals surface area contributed by atoms with Crippen LogP contribution in [0.2, 0.25) is 0 Å². The number of anilines is 1. The molecule has 0 aliphatic heterocycles. The van der Waals surface area contributed by atoms with Crippen molar-refractivity contribution in [3.63, 3.8) is 0 Å². The Morgan fingerprint density at radius 2 is 1.94 bits per heavy atom. The predicted molar refractivity (Wildman–Crippen MR) is 69.9 cm³/mol. The molecule has 0 bridgehead atoms. The molecule has 18 heavy (non-hydrogen) atoms. The van der Waals surface area contributed by atoms with Crippen LogP contribution in [0, 0.1) is 18.6 Å². The van der Waals surface area contributed by atoms with Crippen LogP contribution in [0.15, 0.2) is 12.1 Å². The second kappa shape index (κ2) is 4.88. The van der Waals surface area contributed by atoms with Gasteiger partial charge in [-0.25, -0.2) is 8.78 Å². The van der Waals surface area contributed by atoms with Crippen LogP contribution in [0.1, 0.15) is 25.1 Å². The quantitative estimate of drug-likeness (QED) is 0.895. The minimum Gasteiger partial charge on any atom is -0.384 e. The lowest BCUT2D eigenvalue weighted by Crippen LogP contribution is -2.06. The molecule has 0 amide bonds.